The molecule has 12 N–H and O–H groups in total. The molecule has 17 heteroatoms. The Morgan fingerprint density at radius 3 is 1.19 bits per heavy atom. The van der Waals surface area contributed by atoms with E-state index in [0.29, 0.717) is 0 Å². The molecule has 0 aromatic carbocycles. The van der Waals surface area contributed by atoms with Crippen molar-refractivity contribution < 1.29 is 70.1 Å². The predicted molar refractivity (Wildman–Crippen MR) is 144 cm³/mol. The van der Waals surface area contributed by atoms with Gasteiger partial charge >= 0.3 is 254 Å². The van der Waals surface area contributed by atoms with Crippen molar-refractivity contribution in [3.05, 3.63) is 0 Å². The van der Waals surface area contributed by atoms with Crippen molar-refractivity contribution in [3.8, 4) is 0 Å². The first-order valence-corrected chi connectivity index (χ1v) is 16.5. The van der Waals surface area contributed by atoms with E-state index in [1.54, 1.807) is 0 Å². The molecule has 43 heavy (non-hydrogen) atoms. The van der Waals surface area contributed by atoms with E-state index in [1.165, 1.54) is 0 Å². The molecule has 16 nitrogen and oxygen atoms in total. The minimum atomic E-state index is -1.56. The number of carbonyl (C=O) groups excluding carboxylic acids is 2. The minimum absolute atomic E-state index is 0.0773. The zero-order chi connectivity index (χ0) is 31.6. The summed E-state index contributed by atoms with van der Waals surface area (Å²) in [5, 5.41) is 106. The molecule has 0 bridgehead atoms. The molecule has 4 rings (SSSR count). The zero-order valence-electron chi connectivity index (χ0n) is 23.4. The van der Waals surface area contributed by atoms with E-state index in [2.05, 4.69) is 10.6 Å². The molecular formula is C26H44N2O14Se. The van der Waals surface area contributed by atoms with Crippen LogP contribution in [0.25, 0.3) is 0 Å². The first-order chi connectivity index (χ1) is 20.3. The second-order valence-electron chi connectivity index (χ2n) is 12.0. The first kappa shape index (κ1) is 34.8. The van der Waals surface area contributed by atoms with Crippen LogP contribution >= 0.6 is 0 Å². The molecular weight excluding hydrogens is 643 g/mol. The number of aliphatic hydroxyl groups excluding tert-OH is 10. The Bertz CT molecular complexity index is 860. The van der Waals surface area contributed by atoms with Crippen molar-refractivity contribution in [3.63, 3.8) is 0 Å². The van der Waals surface area contributed by atoms with Gasteiger partial charge < -0.3 is 0 Å². The van der Waals surface area contributed by atoms with E-state index in [1.807, 2.05) is 0 Å². The number of hydrogen-bond donors (Lipinski definition) is 12. The van der Waals surface area contributed by atoms with Crippen molar-refractivity contribution in [1.82, 2.24) is 10.6 Å². The van der Waals surface area contributed by atoms with Crippen molar-refractivity contribution in [2.24, 2.45) is 11.8 Å². The molecule has 14 atom stereocenters. The van der Waals surface area contributed by atoms with Crippen LogP contribution < -0.4 is 10.6 Å². The van der Waals surface area contributed by atoms with Gasteiger partial charge in [0.15, 0.2) is 0 Å². The zero-order valence-corrected chi connectivity index (χ0v) is 25.1. The third-order valence-electron chi connectivity index (χ3n) is 8.71. The van der Waals surface area contributed by atoms with Crippen molar-refractivity contribution in [2.75, 3.05) is 13.2 Å². The molecule has 2 saturated heterocycles. The molecule has 4 unspecified atom stereocenters. The van der Waals surface area contributed by atoms with Gasteiger partial charge in [-0.2, -0.15) is 0 Å². The summed E-state index contributed by atoms with van der Waals surface area (Å²) >= 11 is -1.06. The molecule has 0 aromatic heterocycles. The number of amides is 2. The first-order valence-electron chi connectivity index (χ1n) is 14.6. The summed E-state index contributed by atoms with van der Waals surface area (Å²) in [6, 6.07) is -2.66. The number of nitrogens with one attached hydrogen (secondary N) is 2. The van der Waals surface area contributed by atoms with E-state index in [4.69, 9.17) is 9.47 Å². The van der Waals surface area contributed by atoms with Crippen LogP contribution in [0.1, 0.15) is 38.5 Å². The summed E-state index contributed by atoms with van der Waals surface area (Å²) in [5.74, 6) is -2.82. The van der Waals surface area contributed by atoms with Crippen LogP contribution in [0.5, 0.6) is 0 Å². The summed E-state index contributed by atoms with van der Waals surface area (Å²) in [7, 11) is 0. The van der Waals surface area contributed by atoms with E-state index < -0.39 is 135 Å². The number of aliphatic hydroxyl groups is 10. The van der Waals surface area contributed by atoms with Crippen LogP contribution in [0, 0.1) is 11.8 Å². The van der Waals surface area contributed by atoms with Gasteiger partial charge in [-0.3, -0.25) is 0 Å². The monoisotopic (exact) mass is 688 g/mol. The second-order valence-corrected chi connectivity index (χ2v) is 14.6. The SMILES string of the molecule is O=C(N[C@H]1[C@@H](O)[C@@H](CO)O[C@@H]([Se][C@@H]2O[C@H](CO)[C@H](O)[C@H](NC(=O)C3CC(O)CC(O)C3)[C@H]2O)[C@@H]1O)C1CC(O)CC(O)C1. The van der Waals surface area contributed by atoms with E-state index in [9.17, 15) is 60.7 Å². The van der Waals surface area contributed by atoms with E-state index in [-0.39, 0.29) is 38.5 Å². The van der Waals surface area contributed by atoms with Crippen LogP contribution in [-0.4, -0.2) is 174 Å². The number of rotatable bonds is 8. The summed E-state index contributed by atoms with van der Waals surface area (Å²) < 4.78 is 11.4. The van der Waals surface area contributed by atoms with Crippen molar-refractivity contribution >= 4 is 26.8 Å². The van der Waals surface area contributed by atoms with Crippen molar-refractivity contribution in [1.29, 1.82) is 0 Å². The molecule has 0 radical (unpaired) electrons. The molecule has 2 heterocycles. The summed E-state index contributed by atoms with van der Waals surface area (Å²) in [6.07, 6.45) is -11.7. The quantitative estimate of drug-likeness (QED) is 0.106. The summed E-state index contributed by atoms with van der Waals surface area (Å²) in [6.45, 7) is -1.37. The van der Waals surface area contributed by atoms with Gasteiger partial charge in [-0.25, -0.2) is 0 Å². The van der Waals surface area contributed by atoms with Gasteiger partial charge in [0.05, 0.1) is 0 Å². The van der Waals surface area contributed by atoms with Gasteiger partial charge in [-0.05, 0) is 0 Å². The summed E-state index contributed by atoms with van der Waals surface area (Å²) in [5.41, 5.74) is 0. The van der Waals surface area contributed by atoms with Gasteiger partial charge in [0, 0.05) is 0 Å². The van der Waals surface area contributed by atoms with Crippen LogP contribution in [-0.2, 0) is 19.1 Å². The van der Waals surface area contributed by atoms with Crippen LogP contribution in [0.4, 0.5) is 0 Å². The third-order valence-corrected chi connectivity index (χ3v) is 11.5. The standard InChI is InChI=1S/C26H44N2O14Se/c29-7-15-19(35)17(27-23(39)9-1-11(31)5-12(32)2-9)21(37)25(41-15)43-26-22(38)18(20(36)16(8-30)42-26)28-24(40)10-3-13(33)6-14(34)4-10/h9-22,25-26,29-38H,1-8H2,(H,27,39)(H,28,40)/t9?,10?,11?,12?,13?,14?,15-,16-,17+,18+,19+,20+,21-,22-,25+,26+/m1/s1. The average molecular weight is 688 g/mol. The maximum absolute atomic E-state index is 13.0. The Morgan fingerprint density at radius 2 is 0.884 bits per heavy atom. The van der Waals surface area contributed by atoms with E-state index >= 15 is 0 Å². The van der Waals surface area contributed by atoms with Gasteiger partial charge in [-0.15, -0.1) is 0 Å². The van der Waals surface area contributed by atoms with Gasteiger partial charge in [0.1, 0.15) is 0 Å². The molecule has 4 fully saturated rings. The Kier molecular flexibility index (Phi) is 12.2. The van der Waals surface area contributed by atoms with Crippen LogP contribution in [0.2, 0.25) is 0 Å². The number of hydrogen-bond acceptors (Lipinski definition) is 14. The normalized spacial score (nSPS) is 47.5. The maximum atomic E-state index is 13.0. The van der Waals surface area contributed by atoms with Gasteiger partial charge in [-0.1, -0.05) is 0 Å². The Labute approximate surface area is 254 Å². The fourth-order valence-electron chi connectivity index (χ4n) is 6.38. The second kappa shape index (κ2) is 15.0. The Hall–Kier alpha value is -1.02. The number of carbonyl (C=O) groups is 2. The fraction of sp³-hybridized carbons (Fsp3) is 0.923. The van der Waals surface area contributed by atoms with Gasteiger partial charge in [0.25, 0.3) is 0 Å². The average Bonchev–Trinajstić information content (AvgIpc) is 2.94. The van der Waals surface area contributed by atoms with Crippen LogP contribution in [0.15, 0.2) is 0 Å². The van der Waals surface area contributed by atoms with Crippen molar-refractivity contribution in [2.45, 2.75) is 122 Å². The molecule has 2 aliphatic carbocycles. The third kappa shape index (κ3) is 8.23. The topological polar surface area (TPSA) is 279 Å². The predicted octanol–water partition coefficient (Wildman–Crippen LogP) is -6.42. The Morgan fingerprint density at radius 1 is 0.558 bits per heavy atom. The molecule has 0 aromatic rings. The molecule has 0 spiro atoms. The molecule has 2 saturated carbocycles. The van der Waals surface area contributed by atoms with E-state index in [0.717, 1.165) is 0 Å². The molecule has 248 valence electrons. The summed E-state index contributed by atoms with van der Waals surface area (Å²) in [4.78, 5) is 26.0. The fourth-order valence-corrected chi connectivity index (χ4v) is 9.19. The molecule has 2 amide bonds. The Balaban J connectivity index is 1.46. The molecule has 2 aliphatic heterocycles. The van der Waals surface area contributed by atoms with Crippen LogP contribution in [0.3, 0.4) is 0 Å². The van der Waals surface area contributed by atoms with Gasteiger partial charge in [0.2, 0.25) is 0 Å². The number of ether oxygens (including phenoxy) is 2. The molecule has 4 aliphatic rings.